The molecule has 4 nitrogen and oxygen atoms in total. The highest BCUT2D eigenvalue weighted by Gasteiger charge is 2.03. The number of carbonyl (C=O) groups excluding carboxylic acids is 2. The van der Waals surface area contributed by atoms with Crippen LogP contribution in [0.15, 0.2) is 24.3 Å². The Labute approximate surface area is 121 Å². The van der Waals surface area contributed by atoms with E-state index in [0.717, 1.165) is 0 Å². The molecule has 0 saturated heterocycles. The molecule has 0 heterocycles. The summed E-state index contributed by atoms with van der Waals surface area (Å²) < 4.78 is 0. The second-order valence-electron chi connectivity index (χ2n) is 3.65. The molecule has 2 amide bonds. The van der Waals surface area contributed by atoms with Crippen molar-refractivity contribution in [1.82, 2.24) is 10.6 Å². The molecule has 102 valence electrons. The van der Waals surface area contributed by atoms with Gasteiger partial charge in [-0.3, -0.25) is 9.59 Å². The lowest BCUT2D eigenvalue weighted by Gasteiger charge is -2.03. The predicted octanol–water partition coefficient (Wildman–Crippen LogP) is 2.26. The molecule has 1 rings (SSSR count). The Kier molecular flexibility index (Phi) is 6.39. The minimum atomic E-state index is -0.373. The zero-order chi connectivity index (χ0) is 14.3. The molecule has 1 aromatic rings. The van der Waals surface area contributed by atoms with Gasteiger partial charge < -0.3 is 10.6 Å². The van der Waals surface area contributed by atoms with Gasteiger partial charge in [-0.25, -0.2) is 0 Å². The smallest absolute Gasteiger partial charge is 0.244 e. The lowest BCUT2D eigenvalue weighted by Crippen LogP contribution is -2.35. The third kappa shape index (κ3) is 5.32. The average molecular weight is 301 g/mol. The van der Waals surface area contributed by atoms with Gasteiger partial charge in [-0.15, -0.1) is 0 Å². The molecule has 0 aliphatic carbocycles. The summed E-state index contributed by atoms with van der Waals surface area (Å²) in [5.41, 5.74) is 0.641. The topological polar surface area (TPSA) is 58.2 Å². The summed E-state index contributed by atoms with van der Waals surface area (Å²) >= 11 is 11.8. The van der Waals surface area contributed by atoms with Gasteiger partial charge in [0.05, 0.1) is 16.6 Å². The Hall–Kier alpha value is -1.52. The Morgan fingerprint density at radius 2 is 2.00 bits per heavy atom. The minimum Gasteiger partial charge on any atom is -0.355 e. The second kappa shape index (κ2) is 7.81. The summed E-state index contributed by atoms with van der Waals surface area (Å²) in [6.07, 6.45) is 2.85. The van der Waals surface area contributed by atoms with Crippen LogP contribution in [0, 0.1) is 0 Å². The zero-order valence-electron chi connectivity index (χ0n) is 10.4. The predicted molar refractivity (Wildman–Crippen MR) is 77.2 cm³/mol. The van der Waals surface area contributed by atoms with E-state index in [4.69, 9.17) is 23.2 Å². The van der Waals surface area contributed by atoms with Crippen molar-refractivity contribution in [2.75, 3.05) is 13.1 Å². The molecule has 0 fully saturated rings. The molecule has 0 atom stereocenters. The number of hydrogen-bond donors (Lipinski definition) is 2. The van der Waals surface area contributed by atoms with Gasteiger partial charge in [-0.1, -0.05) is 35.3 Å². The van der Waals surface area contributed by atoms with Gasteiger partial charge in [0.2, 0.25) is 11.8 Å². The molecule has 0 aliphatic rings. The van der Waals surface area contributed by atoms with Crippen molar-refractivity contribution in [1.29, 1.82) is 0 Å². The first-order valence-corrected chi connectivity index (χ1v) is 6.46. The molecular formula is C13H14Cl2N2O2. The lowest BCUT2D eigenvalue weighted by atomic mass is 10.2. The van der Waals surface area contributed by atoms with Crippen LogP contribution in [0.4, 0.5) is 0 Å². The number of halogens is 2. The molecule has 2 N–H and O–H groups in total. The number of amides is 2. The fourth-order valence-corrected chi connectivity index (χ4v) is 1.67. The van der Waals surface area contributed by atoms with Gasteiger partial charge >= 0.3 is 0 Å². The SMILES string of the molecule is CCNC(=O)CNC(=O)/C=C/c1cccc(Cl)c1Cl. The summed E-state index contributed by atoms with van der Waals surface area (Å²) in [5, 5.41) is 5.84. The summed E-state index contributed by atoms with van der Waals surface area (Å²) in [7, 11) is 0. The Morgan fingerprint density at radius 3 is 2.68 bits per heavy atom. The van der Waals surface area contributed by atoms with E-state index >= 15 is 0 Å². The highest BCUT2D eigenvalue weighted by Crippen LogP contribution is 2.26. The second-order valence-corrected chi connectivity index (χ2v) is 4.43. The van der Waals surface area contributed by atoms with E-state index in [9.17, 15) is 9.59 Å². The van der Waals surface area contributed by atoms with Crippen LogP contribution in [0.5, 0.6) is 0 Å². The molecule has 0 aromatic heterocycles. The van der Waals surface area contributed by atoms with E-state index in [1.54, 1.807) is 31.2 Å². The van der Waals surface area contributed by atoms with Crippen LogP contribution < -0.4 is 10.6 Å². The van der Waals surface area contributed by atoms with Gasteiger partial charge in [-0.2, -0.15) is 0 Å². The number of carbonyl (C=O) groups is 2. The Balaban J connectivity index is 2.54. The maximum Gasteiger partial charge on any atom is 0.244 e. The largest absolute Gasteiger partial charge is 0.355 e. The number of rotatable bonds is 5. The lowest BCUT2D eigenvalue weighted by molar-refractivity contribution is -0.123. The first-order chi connectivity index (χ1) is 9.04. The van der Waals surface area contributed by atoms with Crippen LogP contribution in [-0.2, 0) is 9.59 Å². The highest BCUT2D eigenvalue weighted by atomic mass is 35.5. The average Bonchev–Trinajstić information content (AvgIpc) is 2.38. The van der Waals surface area contributed by atoms with Crippen LogP contribution >= 0.6 is 23.2 Å². The molecule has 0 aliphatic heterocycles. The van der Waals surface area contributed by atoms with E-state index in [0.29, 0.717) is 22.2 Å². The van der Waals surface area contributed by atoms with Crippen molar-refractivity contribution in [3.8, 4) is 0 Å². The molecule has 0 spiro atoms. The van der Waals surface area contributed by atoms with Gasteiger partial charge in [-0.05, 0) is 24.6 Å². The maximum absolute atomic E-state index is 11.5. The van der Waals surface area contributed by atoms with Crippen molar-refractivity contribution in [2.45, 2.75) is 6.92 Å². The van der Waals surface area contributed by atoms with Gasteiger partial charge in [0, 0.05) is 12.6 Å². The monoisotopic (exact) mass is 300 g/mol. The fraction of sp³-hybridized carbons (Fsp3) is 0.231. The number of hydrogen-bond acceptors (Lipinski definition) is 2. The number of likely N-dealkylation sites (N-methyl/N-ethyl adjacent to an activating group) is 1. The van der Waals surface area contributed by atoms with Crippen LogP contribution in [0.25, 0.3) is 6.08 Å². The molecule has 0 saturated carbocycles. The molecular weight excluding hydrogens is 287 g/mol. The quantitative estimate of drug-likeness (QED) is 0.820. The molecule has 1 aromatic carbocycles. The van der Waals surface area contributed by atoms with E-state index in [2.05, 4.69) is 10.6 Å². The highest BCUT2D eigenvalue weighted by molar-refractivity contribution is 6.42. The molecule has 19 heavy (non-hydrogen) atoms. The van der Waals surface area contributed by atoms with Crippen LogP contribution in [0.1, 0.15) is 12.5 Å². The van der Waals surface area contributed by atoms with Crippen LogP contribution in [0.3, 0.4) is 0 Å². The molecule has 0 unspecified atom stereocenters. The van der Waals surface area contributed by atoms with E-state index < -0.39 is 0 Å². The zero-order valence-corrected chi connectivity index (χ0v) is 11.9. The Morgan fingerprint density at radius 1 is 1.26 bits per heavy atom. The maximum atomic E-state index is 11.5. The van der Waals surface area contributed by atoms with Crippen molar-refractivity contribution in [3.63, 3.8) is 0 Å². The van der Waals surface area contributed by atoms with Gasteiger partial charge in [0.25, 0.3) is 0 Å². The fourth-order valence-electron chi connectivity index (χ4n) is 1.30. The van der Waals surface area contributed by atoms with E-state index in [-0.39, 0.29) is 18.4 Å². The number of nitrogens with one attached hydrogen (secondary N) is 2. The van der Waals surface area contributed by atoms with Crippen molar-refractivity contribution in [2.24, 2.45) is 0 Å². The standard InChI is InChI=1S/C13H14Cl2N2O2/c1-2-16-12(19)8-17-11(18)7-6-9-4-3-5-10(14)13(9)15/h3-7H,2,8H2,1H3,(H,16,19)(H,17,18)/b7-6+. The van der Waals surface area contributed by atoms with Crippen LogP contribution in [0.2, 0.25) is 10.0 Å². The van der Waals surface area contributed by atoms with E-state index in [1.165, 1.54) is 6.08 Å². The summed E-state index contributed by atoms with van der Waals surface area (Å²) in [4.78, 5) is 22.6. The summed E-state index contributed by atoms with van der Waals surface area (Å²) in [5.74, 6) is -0.604. The third-order valence-electron chi connectivity index (χ3n) is 2.19. The third-order valence-corrected chi connectivity index (χ3v) is 3.03. The first-order valence-electron chi connectivity index (χ1n) is 5.71. The first kappa shape index (κ1) is 15.5. The minimum absolute atomic E-state index is 0.0553. The molecule has 6 heteroatoms. The van der Waals surface area contributed by atoms with Crippen molar-refractivity contribution >= 4 is 41.1 Å². The Bertz CT molecular complexity index is 501. The molecule has 0 bridgehead atoms. The summed E-state index contributed by atoms with van der Waals surface area (Å²) in [6.45, 7) is 2.28. The number of benzene rings is 1. The van der Waals surface area contributed by atoms with E-state index in [1.807, 2.05) is 0 Å². The normalized spacial score (nSPS) is 10.5. The van der Waals surface area contributed by atoms with Crippen molar-refractivity contribution < 1.29 is 9.59 Å². The van der Waals surface area contributed by atoms with Gasteiger partial charge in [0.1, 0.15) is 0 Å². The van der Waals surface area contributed by atoms with Gasteiger partial charge in [0.15, 0.2) is 0 Å². The summed E-state index contributed by atoms with van der Waals surface area (Å²) in [6, 6.07) is 5.14. The molecule has 0 radical (unpaired) electrons. The van der Waals surface area contributed by atoms with Crippen molar-refractivity contribution in [3.05, 3.63) is 39.9 Å². The van der Waals surface area contributed by atoms with Crippen LogP contribution in [-0.4, -0.2) is 24.9 Å².